The summed E-state index contributed by atoms with van der Waals surface area (Å²) in [5.41, 5.74) is 2.44. The summed E-state index contributed by atoms with van der Waals surface area (Å²) in [4.78, 5) is 34.3. The SMILES string of the molecule is O=C(NCc1ccncc1)[C@H]1CN(c2ncnc3nc[nH]c23)CCN1. The fraction of sp³-hybridized carbons (Fsp3) is 0.312. The number of imidazole rings is 1. The third-order valence-corrected chi connectivity index (χ3v) is 4.21. The van der Waals surface area contributed by atoms with Crippen LogP contribution in [0.5, 0.6) is 0 Å². The lowest BCUT2D eigenvalue weighted by atomic mass is 10.2. The number of hydrogen-bond acceptors (Lipinski definition) is 7. The van der Waals surface area contributed by atoms with Crippen LogP contribution < -0.4 is 15.5 Å². The normalized spacial score (nSPS) is 17.6. The molecule has 4 rings (SSSR count). The van der Waals surface area contributed by atoms with Crippen LogP contribution in [0.4, 0.5) is 5.82 Å². The zero-order valence-electron chi connectivity index (χ0n) is 13.5. The van der Waals surface area contributed by atoms with Crippen LogP contribution in [0.2, 0.25) is 0 Å². The van der Waals surface area contributed by atoms with Gasteiger partial charge in [-0.05, 0) is 17.7 Å². The third-order valence-electron chi connectivity index (χ3n) is 4.21. The van der Waals surface area contributed by atoms with Gasteiger partial charge >= 0.3 is 0 Å². The van der Waals surface area contributed by atoms with E-state index in [2.05, 4.69) is 40.5 Å². The van der Waals surface area contributed by atoms with Crippen molar-refractivity contribution in [2.45, 2.75) is 12.6 Å². The molecule has 3 aromatic rings. The number of nitrogens with zero attached hydrogens (tertiary/aromatic N) is 5. The van der Waals surface area contributed by atoms with Crippen LogP contribution in [0.25, 0.3) is 11.2 Å². The van der Waals surface area contributed by atoms with Crippen molar-refractivity contribution in [3.63, 3.8) is 0 Å². The Kier molecular flexibility index (Phi) is 4.21. The molecule has 1 saturated heterocycles. The Morgan fingerprint density at radius 1 is 1.28 bits per heavy atom. The Balaban J connectivity index is 1.44. The van der Waals surface area contributed by atoms with Crippen molar-refractivity contribution >= 4 is 22.9 Å². The molecule has 128 valence electrons. The maximum absolute atomic E-state index is 12.5. The molecule has 0 aliphatic carbocycles. The Hall–Kier alpha value is -3.07. The van der Waals surface area contributed by atoms with E-state index in [0.717, 1.165) is 23.4 Å². The Morgan fingerprint density at radius 2 is 2.16 bits per heavy atom. The number of pyridine rings is 1. The molecule has 4 heterocycles. The first-order valence-corrected chi connectivity index (χ1v) is 8.10. The summed E-state index contributed by atoms with van der Waals surface area (Å²) >= 11 is 0. The molecular weight excluding hydrogens is 320 g/mol. The lowest BCUT2D eigenvalue weighted by Gasteiger charge is -2.33. The summed E-state index contributed by atoms with van der Waals surface area (Å²) in [7, 11) is 0. The van der Waals surface area contributed by atoms with E-state index in [4.69, 9.17) is 0 Å². The molecule has 9 nitrogen and oxygen atoms in total. The molecular formula is C16H18N8O. The number of fused-ring (bicyclic) bond motifs is 1. The Bertz CT molecular complexity index is 865. The number of amides is 1. The van der Waals surface area contributed by atoms with Gasteiger partial charge in [0, 0.05) is 38.6 Å². The van der Waals surface area contributed by atoms with Crippen LogP contribution in [-0.2, 0) is 11.3 Å². The van der Waals surface area contributed by atoms with Gasteiger partial charge in [-0.15, -0.1) is 0 Å². The number of hydrogen-bond donors (Lipinski definition) is 3. The molecule has 0 saturated carbocycles. The molecule has 1 fully saturated rings. The highest BCUT2D eigenvalue weighted by Gasteiger charge is 2.27. The van der Waals surface area contributed by atoms with Crippen molar-refractivity contribution in [3.8, 4) is 0 Å². The number of H-pyrrole nitrogens is 1. The fourth-order valence-corrected chi connectivity index (χ4v) is 2.92. The van der Waals surface area contributed by atoms with Gasteiger partial charge in [0.05, 0.1) is 6.33 Å². The van der Waals surface area contributed by atoms with Gasteiger partial charge in [-0.2, -0.15) is 0 Å². The van der Waals surface area contributed by atoms with E-state index in [1.54, 1.807) is 18.7 Å². The fourth-order valence-electron chi connectivity index (χ4n) is 2.92. The van der Waals surface area contributed by atoms with Crippen molar-refractivity contribution < 1.29 is 4.79 Å². The minimum atomic E-state index is -0.302. The van der Waals surface area contributed by atoms with Gasteiger partial charge < -0.3 is 20.5 Å². The van der Waals surface area contributed by atoms with Gasteiger partial charge in [0.15, 0.2) is 11.5 Å². The summed E-state index contributed by atoms with van der Waals surface area (Å²) in [6, 6.07) is 3.47. The second-order valence-electron chi connectivity index (χ2n) is 5.82. The van der Waals surface area contributed by atoms with E-state index in [9.17, 15) is 4.79 Å². The number of anilines is 1. The second-order valence-corrected chi connectivity index (χ2v) is 5.82. The van der Waals surface area contributed by atoms with Gasteiger partial charge in [0.1, 0.15) is 17.9 Å². The molecule has 0 radical (unpaired) electrons. The highest BCUT2D eigenvalue weighted by molar-refractivity contribution is 5.85. The first-order valence-electron chi connectivity index (χ1n) is 8.10. The first kappa shape index (κ1) is 15.5. The zero-order chi connectivity index (χ0) is 17.1. The molecule has 1 aliphatic rings. The third kappa shape index (κ3) is 3.26. The number of aromatic nitrogens is 5. The van der Waals surface area contributed by atoms with E-state index >= 15 is 0 Å². The molecule has 0 spiro atoms. The molecule has 9 heteroatoms. The van der Waals surface area contributed by atoms with Crippen molar-refractivity contribution in [1.82, 2.24) is 35.6 Å². The average Bonchev–Trinajstić information content (AvgIpc) is 3.16. The monoisotopic (exact) mass is 338 g/mol. The standard InChI is InChI=1S/C16H18N8O/c25-16(19-7-11-1-3-17-4-2-11)12-8-24(6-5-18-12)15-13-14(21-9-20-13)22-10-23-15/h1-4,9-10,12,18H,5-8H2,(H,19,25)(H,20,21,22,23)/t12-/m1/s1. The largest absolute Gasteiger partial charge is 0.351 e. The topological polar surface area (TPSA) is 112 Å². The maximum atomic E-state index is 12.5. The summed E-state index contributed by atoms with van der Waals surface area (Å²) < 4.78 is 0. The summed E-state index contributed by atoms with van der Waals surface area (Å²) in [6.07, 6.45) is 6.53. The minimum absolute atomic E-state index is 0.0311. The Morgan fingerprint density at radius 3 is 3.04 bits per heavy atom. The van der Waals surface area contributed by atoms with E-state index < -0.39 is 0 Å². The van der Waals surface area contributed by atoms with Crippen LogP contribution >= 0.6 is 0 Å². The molecule has 1 amide bonds. The molecule has 0 aromatic carbocycles. The molecule has 3 N–H and O–H groups in total. The Labute approximate surface area is 143 Å². The van der Waals surface area contributed by atoms with Crippen LogP contribution in [0.15, 0.2) is 37.2 Å². The predicted octanol–water partition coefficient (Wildman–Crippen LogP) is -0.158. The van der Waals surface area contributed by atoms with E-state index in [1.807, 2.05) is 12.1 Å². The number of aromatic amines is 1. The predicted molar refractivity (Wildman–Crippen MR) is 91.8 cm³/mol. The molecule has 25 heavy (non-hydrogen) atoms. The van der Waals surface area contributed by atoms with Gasteiger partial charge in [0.25, 0.3) is 0 Å². The average molecular weight is 338 g/mol. The van der Waals surface area contributed by atoms with Gasteiger partial charge in [-0.3, -0.25) is 9.78 Å². The smallest absolute Gasteiger partial charge is 0.239 e. The summed E-state index contributed by atoms with van der Waals surface area (Å²) in [6.45, 7) is 2.48. The van der Waals surface area contributed by atoms with E-state index in [1.165, 1.54) is 6.33 Å². The molecule has 0 bridgehead atoms. The molecule has 1 aliphatic heterocycles. The number of piperazine rings is 1. The minimum Gasteiger partial charge on any atom is -0.351 e. The summed E-state index contributed by atoms with van der Waals surface area (Å²) in [5, 5.41) is 6.23. The molecule has 1 atom stereocenters. The van der Waals surface area contributed by atoms with Crippen molar-refractivity contribution in [2.75, 3.05) is 24.5 Å². The van der Waals surface area contributed by atoms with Crippen LogP contribution in [0, 0.1) is 0 Å². The number of carbonyl (C=O) groups excluding carboxylic acids is 1. The van der Waals surface area contributed by atoms with Crippen LogP contribution in [0.3, 0.4) is 0 Å². The van der Waals surface area contributed by atoms with Crippen LogP contribution in [0.1, 0.15) is 5.56 Å². The number of nitrogens with one attached hydrogen (secondary N) is 3. The number of rotatable bonds is 4. The lowest BCUT2D eigenvalue weighted by Crippen LogP contribution is -2.57. The van der Waals surface area contributed by atoms with Crippen molar-refractivity contribution in [2.24, 2.45) is 0 Å². The lowest BCUT2D eigenvalue weighted by molar-refractivity contribution is -0.123. The van der Waals surface area contributed by atoms with E-state index in [0.29, 0.717) is 25.3 Å². The zero-order valence-corrected chi connectivity index (χ0v) is 13.5. The van der Waals surface area contributed by atoms with Gasteiger partial charge in [-0.1, -0.05) is 0 Å². The van der Waals surface area contributed by atoms with Crippen molar-refractivity contribution in [1.29, 1.82) is 0 Å². The van der Waals surface area contributed by atoms with Crippen LogP contribution in [-0.4, -0.2) is 56.5 Å². The number of carbonyl (C=O) groups is 1. The highest BCUT2D eigenvalue weighted by atomic mass is 16.2. The van der Waals surface area contributed by atoms with Crippen molar-refractivity contribution in [3.05, 3.63) is 42.7 Å². The van der Waals surface area contributed by atoms with Gasteiger partial charge in [-0.25, -0.2) is 15.0 Å². The first-order chi connectivity index (χ1) is 12.3. The van der Waals surface area contributed by atoms with E-state index in [-0.39, 0.29) is 11.9 Å². The summed E-state index contributed by atoms with van der Waals surface area (Å²) in [5.74, 6) is 0.743. The molecule has 0 unspecified atom stereocenters. The quantitative estimate of drug-likeness (QED) is 0.606. The van der Waals surface area contributed by atoms with Gasteiger partial charge in [0.2, 0.25) is 5.91 Å². The highest BCUT2D eigenvalue weighted by Crippen LogP contribution is 2.20. The maximum Gasteiger partial charge on any atom is 0.239 e. The molecule has 3 aromatic heterocycles. The second kappa shape index (κ2) is 6.81.